The Morgan fingerprint density at radius 1 is 0.886 bits per heavy atom. The van der Waals surface area contributed by atoms with Crippen LogP contribution in [0.3, 0.4) is 0 Å². The van der Waals surface area contributed by atoms with Gasteiger partial charge in [0.2, 0.25) is 0 Å². The van der Waals surface area contributed by atoms with Crippen molar-refractivity contribution in [3.63, 3.8) is 0 Å². The third kappa shape index (κ3) is 7.01. The number of alkyl halides is 9. The smallest absolute Gasteiger partial charge is 0.416 e. The van der Waals surface area contributed by atoms with Gasteiger partial charge >= 0.3 is 30.6 Å². The molecule has 0 unspecified atom stereocenters. The van der Waals surface area contributed by atoms with E-state index >= 15 is 0 Å². The number of ether oxygens (including phenoxy) is 1. The van der Waals surface area contributed by atoms with Gasteiger partial charge in [0, 0.05) is 18.3 Å². The van der Waals surface area contributed by atoms with Gasteiger partial charge in [0.15, 0.2) is 0 Å². The maximum absolute atomic E-state index is 13.7. The van der Waals surface area contributed by atoms with E-state index < -0.39 is 77.5 Å². The first-order valence-electron chi connectivity index (χ1n) is 13.8. The molecular weight excluding hydrogens is 611 g/mol. The largest absolute Gasteiger partial charge is 0.481 e. The minimum Gasteiger partial charge on any atom is -0.481 e. The highest BCUT2D eigenvalue weighted by Crippen LogP contribution is 2.42. The van der Waals surface area contributed by atoms with Crippen molar-refractivity contribution in [2.24, 2.45) is 5.92 Å². The van der Waals surface area contributed by atoms with Crippen LogP contribution >= 0.6 is 0 Å². The molecule has 0 aromatic heterocycles. The van der Waals surface area contributed by atoms with E-state index in [1.165, 1.54) is 13.0 Å². The number of rotatable bonds is 7. The molecule has 4 rings (SSSR count). The second-order valence-electron chi connectivity index (χ2n) is 11.0. The molecule has 1 N–H and O–H groups in total. The van der Waals surface area contributed by atoms with Crippen LogP contribution in [0, 0.1) is 5.92 Å². The molecule has 242 valence electrons. The molecule has 1 aliphatic carbocycles. The van der Waals surface area contributed by atoms with Crippen LogP contribution in [0.1, 0.15) is 73.5 Å². The van der Waals surface area contributed by atoms with Gasteiger partial charge in [-0.1, -0.05) is 0 Å². The SMILES string of the molecule is CCN(c1ccc(C(F)(F)F)cc1CN1C(=O)O[C@H](c2cc(C(F)(F)F)cc(C(F)(F)F)c2)[C@@H]1C)C1CCC(C(=O)O)CC1. The van der Waals surface area contributed by atoms with Crippen molar-refractivity contribution in [3.05, 3.63) is 64.2 Å². The first kappa shape index (κ1) is 33.2. The zero-order chi connectivity index (χ0) is 32.8. The summed E-state index contributed by atoms with van der Waals surface area (Å²) < 4.78 is 127. The van der Waals surface area contributed by atoms with Crippen LogP contribution in [0.15, 0.2) is 36.4 Å². The minimum absolute atomic E-state index is 0.0338. The lowest BCUT2D eigenvalue weighted by Gasteiger charge is -2.38. The summed E-state index contributed by atoms with van der Waals surface area (Å²) in [5.74, 6) is -1.47. The lowest BCUT2D eigenvalue weighted by Crippen LogP contribution is -2.40. The Kier molecular flexibility index (Phi) is 9.09. The molecule has 2 fully saturated rings. The van der Waals surface area contributed by atoms with Gasteiger partial charge in [0.1, 0.15) is 6.10 Å². The van der Waals surface area contributed by atoms with Gasteiger partial charge in [0.25, 0.3) is 0 Å². The molecule has 1 amide bonds. The Hall–Kier alpha value is -3.65. The number of aliphatic carboxylic acids is 1. The zero-order valence-electron chi connectivity index (χ0n) is 23.5. The van der Waals surface area contributed by atoms with Gasteiger partial charge in [-0.05, 0) is 87.1 Å². The number of amides is 1. The number of carbonyl (C=O) groups is 2. The molecule has 0 bridgehead atoms. The number of hydrogen-bond acceptors (Lipinski definition) is 4. The number of halogens is 9. The summed E-state index contributed by atoms with van der Waals surface area (Å²) in [5, 5.41) is 9.33. The van der Waals surface area contributed by atoms with Crippen molar-refractivity contribution < 1.29 is 58.9 Å². The fourth-order valence-corrected chi connectivity index (χ4v) is 5.91. The summed E-state index contributed by atoms with van der Waals surface area (Å²) in [4.78, 5) is 27.1. The molecular formula is C29H29F9N2O4. The van der Waals surface area contributed by atoms with Crippen molar-refractivity contribution >= 4 is 17.7 Å². The highest BCUT2D eigenvalue weighted by atomic mass is 19.4. The summed E-state index contributed by atoms with van der Waals surface area (Å²) in [7, 11) is 0. The molecule has 6 nitrogen and oxygen atoms in total. The van der Waals surface area contributed by atoms with Crippen LogP contribution in [0.4, 0.5) is 50.0 Å². The van der Waals surface area contributed by atoms with Gasteiger partial charge < -0.3 is 14.7 Å². The number of hydrogen-bond donors (Lipinski definition) is 1. The number of anilines is 1. The molecule has 15 heteroatoms. The summed E-state index contributed by atoms with van der Waals surface area (Å²) in [5.41, 5.74) is -4.41. The monoisotopic (exact) mass is 640 g/mol. The number of benzene rings is 2. The van der Waals surface area contributed by atoms with E-state index in [9.17, 15) is 54.2 Å². The Morgan fingerprint density at radius 3 is 1.91 bits per heavy atom. The van der Waals surface area contributed by atoms with Crippen LogP contribution in [0.5, 0.6) is 0 Å². The van der Waals surface area contributed by atoms with E-state index in [2.05, 4.69) is 0 Å². The lowest BCUT2D eigenvalue weighted by atomic mass is 9.85. The Balaban J connectivity index is 1.69. The maximum atomic E-state index is 13.7. The van der Waals surface area contributed by atoms with E-state index in [-0.39, 0.29) is 17.7 Å². The Morgan fingerprint density at radius 2 is 1.43 bits per heavy atom. The molecule has 44 heavy (non-hydrogen) atoms. The van der Waals surface area contributed by atoms with Crippen LogP contribution in [0.25, 0.3) is 0 Å². The predicted molar refractivity (Wildman–Crippen MR) is 139 cm³/mol. The number of cyclic esters (lactones) is 1. The molecule has 2 aliphatic rings. The fraction of sp³-hybridized carbons (Fsp3) is 0.517. The van der Waals surface area contributed by atoms with E-state index in [1.807, 2.05) is 4.90 Å². The van der Waals surface area contributed by atoms with Crippen molar-refractivity contribution in [3.8, 4) is 0 Å². The first-order valence-corrected chi connectivity index (χ1v) is 13.8. The number of nitrogens with zero attached hydrogens (tertiary/aromatic N) is 2. The fourth-order valence-electron chi connectivity index (χ4n) is 5.91. The lowest BCUT2D eigenvalue weighted by molar-refractivity contribution is -0.144. The van der Waals surface area contributed by atoms with Crippen molar-refractivity contribution in [2.45, 2.75) is 82.8 Å². The molecule has 0 radical (unpaired) electrons. The topological polar surface area (TPSA) is 70.1 Å². The van der Waals surface area contributed by atoms with Gasteiger partial charge in [-0.2, -0.15) is 39.5 Å². The number of carboxylic acid groups (broad SMARTS) is 1. The Labute approximate surface area is 246 Å². The van der Waals surface area contributed by atoms with Gasteiger partial charge in [0.05, 0.1) is 35.2 Å². The van der Waals surface area contributed by atoms with Crippen LogP contribution in [-0.4, -0.2) is 40.7 Å². The number of carbonyl (C=O) groups excluding carboxylic acids is 1. The average Bonchev–Trinajstić information content (AvgIpc) is 3.21. The highest BCUT2D eigenvalue weighted by Gasteiger charge is 2.44. The van der Waals surface area contributed by atoms with E-state index in [4.69, 9.17) is 4.74 Å². The van der Waals surface area contributed by atoms with Gasteiger partial charge in [-0.3, -0.25) is 9.69 Å². The molecule has 2 aromatic carbocycles. The summed E-state index contributed by atoms with van der Waals surface area (Å²) in [6.45, 7) is 2.93. The Bertz CT molecular complexity index is 1350. The number of carboxylic acids is 1. The second kappa shape index (κ2) is 12.0. The molecule has 2 atom stereocenters. The summed E-state index contributed by atoms with van der Waals surface area (Å²) >= 11 is 0. The van der Waals surface area contributed by atoms with Crippen molar-refractivity contribution in [2.75, 3.05) is 11.4 Å². The van der Waals surface area contributed by atoms with Gasteiger partial charge in [-0.25, -0.2) is 4.79 Å². The van der Waals surface area contributed by atoms with Crippen LogP contribution in [0.2, 0.25) is 0 Å². The van der Waals surface area contributed by atoms with E-state index in [1.54, 1.807) is 6.92 Å². The first-order chi connectivity index (χ1) is 20.3. The quantitative estimate of drug-likeness (QED) is 0.309. The molecule has 1 saturated carbocycles. The van der Waals surface area contributed by atoms with Crippen molar-refractivity contribution in [1.29, 1.82) is 0 Å². The highest BCUT2D eigenvalue weighted by molar-refractivity contribution is 5.72. The van der Waals surface area contributed by atoms with Crippen LogP contribution < -0.4 is 4.90 Å². The molecule has 1 heterocycles. The maximum Gasteiger partial charge on any atom is 0.416 e. The molecule has 2 aromatic rings. The third-order valence-electron chi connectivity index (χ3n) is 8.21. The molecule has 1 saturated heterocycles. The van der Waals surface area contributed by atoms with Crippen molar-refractivity contribution in [1.82, 2.24) is 4.90 Å². The minimum atomic E-state index is -5.14. The normalized spacial score (nSPS) is 23.1. The zero-order valence-corrected chi connectivity index (χ0v) is 23.5. The standard InChI is InChI=1S/C29H29F9N2O4/c1-3-39(22-7-4-16(5-8-22)25(41)42)23-9-6-19(27(30,31)32)12-18(23)14-40-15(2)24(44-26(40)43)17-10-20(28(33,34)35)13-21(11-17)29(36,37)38/h6,9-13,15-16,22,24H,3-5,7-8,14H2,1-2H3,(H,41,42)/t15-,16?,22?,24-/m0/s1. The second-order valence-corrected chi connectivity index (χ2v) is 11.0. The van der Waals surface area contributed by atoms with Crippen LogP contribution in [-0.2, 0) is 34.6 Å². The summed E-state index contributed by atoms with van der Waals surface area (Å²) in [6, 6.07) is 2.45. The van der Waals surface area contributed by atoms with E-state index in [0.29, 0.717) is 50.0 Å². The predicted octanol–water partition coefficient (Wildman–Crippen LogP) is 8.29. The average molecular weight is 641 g/mol. The molecule has 0 spiro atoms. The molecule has 1 aliphatic heterocycles. The summed E-state index contributed by atoms with van der Waals surface area (Å²) in [6.07, 6.45) is -16.1. The van der Waals surface area contributed by atoms with Gasteiger partial charge in [-0.15, -0.1) is 0 Å². The third-order valence-corrected chi connectivity index (χ3v) is 8.21. The van der Waals surface area contributed by atoms with E-state index in [0.717, 1.165) is 17.0 Å².